The number of carbonyl (C=O) groups excluding carboxylic acids is 2. The number of amides is 1. The molecule has 1 amide bonds. The fourth-order valence-corrected chi connectivity index (χ4v) is 2.48. The van der Waals surface area contributed by atoms with Gasteiger partial charge in [0, 0.05) is 11.6 Å². The number of carbonyl (C=O) groups is 2. The predicted octanol–water partition coefficient (Wildman–Crippen LogP) is 3.37. The molecule has 0 unspecified atom stereocenters. The zero-order chi connectivity index (χ0) is 18.5. The van der Waals surface area contributed by atoms with E-state index in [2.05, 4.69) is 10.5 Å². The minimum Gasteiger partial charge on any atom is -0.465 e. The number of esters is 1. The van der Waals surface area contributed by atoms with Crippen LogP contribution in [0.1, 0.15) is 32.0 Å². The zero-order valence-corrected chi connectivity index (χ0v) is 14.5. The van der Waals surface area contributed by atoms with E-state index >= 15 is 0 Å². The minimum atomic E-state index is -0.557. The summed E-state index contributed by atoms with van der Waals surface area (Å²) in [6.45, 7) is 2.20. The van der Waals surface area contributed by atoms with Crippen LogP contribution in [0.4, 0.5) is 0 Å². The molecule has 3 rings (SSSR count). The lowest BCUT2D eigenvalue weighted by molar-refractivity contribution is 0.0596. The van der Waals surface area contributed by atoms with Gasteiger partial charge in [0.25, 0.3) is 5.91 Å². The van der Waals surface area contributed by atoms with Crippen molar-refractivity contribution in [3.63, 3.8) is 0 Å². The Hall–Kier alpha value is -3.41. The van der Waals surface area contributed by atoms with Crippen molar-refractivity contribution in [2.24, 2.45) is 0 Å². The molecule has 6 nitrogen and oxygen atoms in total. The van der Waals surface area contributed by atoms with E-state index in [1.54, 1.807) is 30.3 Å². The van der Waals surface area contributed by atoms with Crippen molar-refractivity contribution in [3.05, 3.63) is 77.0 Å². The summed E-state index contributed by atoms with van der Waals surface area (Å²) >= 11 is 0. The van der Waals surface area contributed by atoms with Crippen LogP contribution in [0.3, 0.4) is 0 Å². The maximum Gasteiger partial charge on any atom is 0.338 e. The van der Waals surface area contributed by atoms with Gasteiger partial charge in [-0.15, -0.1) is 0 Å². The summed E-state index contributed by atoms with van der Waals surface area (Å²) in [5, 5.41) is 6.71. The van der Waals surface area contributed by atoms with E-state index in [0.717, 1.165) is 11.1 Å². The quantitative estimate of drug-likeness (QED) is 0.714. The molecule has 0 aliphatic carbocycles. The van der Waals surface area contributed by atoms with Crippen LogP contribution in [0.15, 0.2) is 59.1 Å². The van der Waals surface area contributed by atoms with Gasteiger partial charge < -0.3 is 14.6 Å². The van der Waals surface area contributed by atoms with Gasteiger partial charge in [-0.2, -0.15) is 0 Å². The van der Waals surface area contributed by atoms with Gasteiger partial charge in [0.1, 0.15) is 5.69 Å². The van der Waals surface area contributed by atoms with Crippen LogP contribution in [0, 0.1) is 6.92 Å². The van der Waals surface area contributed by atoms with Crippen molar-refractivity contribution >= 4 is 11.9 Å². The van der Waals surface area contributed by atoms with Gasteiger partial charge in [-0.25, -0.2) is 4.79 Å². The van der Waals surface area contributed by atoms with Crippen molar-refractivity contribution in [1.82, 2.24) is 10.5 Å². The molecule has 0 radical (unpaired) electrons. The monoisotopic (exact) mass is 350 g/mol. The lowest BCUT2D eigenvalue weighted by Crippen LogP contribution is -2.25. The van der Waals surface area contributed by atoms with Crippen LogP contribution >= 0.6 is 0 Å². The first-order valence-corrected chi connectivity index (χ1v) is 8.06. The van der Waals surface area contributed by atoms with Gasteiger partial charge in [0.05, 0.1) is 24.8 Å². The second-order valence-electron chi connectivity index (χ2n) is 5.77. The third kappa shape index (κ3) is 3.80. The Labute approximate surface area is 150 Å². The fraction of sp³-hybridized carbons (Fsp3) is 0.150. The summed E-state index contributed by atoms with van der Waals surface area (Å²) in [5.74, 6) is -0.311. The van der Waals surface area contributed by atoms with Crippen molar-refractivity contribution in [3.8, 4) is 11.3 Å². The maximum absolute atomic E-state index is 12.4. The van der Waals surface area contributed by atoms with Crippen LogP contribution in [0.25, 0.3) is 11.3 Å². The van der Waals surface area contributed by atoms with Crippen molar-refractivity contribution in [2.45, 2.75) is 13.5 Å². The number of nitrogens with zero attached hydrogens (tertiary/aromatic N) is 1. The second kappa shape index (κ2) is 7.65. The number of methoxy groups -OCH3 is 1. The summed E-state index contributed by atoms with van der Waals surface area (Å²) in [7, 11) is 1.28. The molecule has 1 N–H and O–H groups in total. The highest BCUT2D eigenvalue weighted by molar-refractivity contribution is 6.05. The molecule has 0 aliphatic rings. The molecule has 0 atom stereocenters. The third-order valence-electron chi connectivity index (χ3n) is 3.90. The van der Waals surface area contributed by atoms with Crippen molar-refractivity contribution < 1.29 is 18.8 Å². The van der Waals surface area contributed by atoms with Crippen molar-refractivity contribution in [1.29, 1.82) is 0 Å². The van der Waals surface area contributed by atoms with E-state index in [1.807, 2.05) is 31.2 Å². The number of rotatable bonds is 5. The molecule has 132 valence electrons. The molecule has 0 saturated carbocycles. The van der Waals surface area contributed by atoms with Crippen LogP contribution in [-0.2, 0) is 11.3 Å². The van der Waals surface area contributed by atoms with Crippen molar-refractivity contribution in [2.75, 3.05) is 7.11 Å². The Bertz CT molecular complexity index is 929. The lowest BCUT2D eigenvalue weighted by atomic mass is 10.1. The number of aryl methyl sites for hydroxylation is 1. The zero-order valence-electron chi connectivity index (χ0n) is 14.5. The van der Waals surface area contributed by atoms with Gasteiger partial charge in [-0.05, 0) is 19.1 Å². The average Bonchev–Trinajstić information content (AvgIpc) is 3.15. The largest absolute Gasteiger partial charge is 0.465 e. The summed E-state index contributed by atoms with van der Waals surface area (Å²) in [5.41, 5.74) is 3.13. The van der Waals surface area contributed by atoms with E-state index in [9.17, 15) is 9.59 Å². The smallest absolute Gasteiger partial charge is 0.338 e. The maximum atomic E-state index is 12.4. The number of hydrogen-bond acceptors (Lipinski definition) is 5. The van der Waals surface area contributed by atoms with Gasteiger partial charge in [-0.3, -0.25) is 4.79 Å². The first-order chi connectivity index (χ1) is 12.6. The van der Waals surface area contributed by atoms with Crippen LogP contribution in [0.5, 0.6) is 0 Å². The van der Waals surface area contributed by atoms with Crippen LogP contribution in [0.2, 0.25) is 0 Å². The fourth-order valence-electron chi connectivity index (χ4n) is 2.48. The average molecular weight is 350 g/mol. The summed E-state index contributed by atoms with van der Waals surface area (Å²) in [4.78, 5) is 24.2. The Morgan fingerprint density at radius 3 is 2.46 bits per heavy atom. The molecule has 0 saturated heterocycles. The lowest BCUT2D eigenvalue weighted by Gasteiger charge is -2.07. The highest BCUT2D eigenvalue weighted by Gasteiger charge is 2.17. The van der Waals surface area contributed by atoms with Crippen LogP contribution < -0.4 is 5.32 Å². The number of nitrogens with one attached hydrogen (secondary N) is 1. The van der Waals surface area contributed by atoms with E-state index < -0.39 is 5.97 Å². The van der Waals surface area contributed by atoms with E-state index in [0.29, 0.717) is 11.5 Å². The van der Waals surface area contributed by atoms with E-state index in [4.69, 9.17) is 9.26 Å². The van der Waals surface area contributed by atoms with Gasteiger partial charge in [-0.1, -0.05) is 47.1 Å². The topological polar surface area (TPSA) is 81.4 Å². The Morgan fingerprint density at radius 1 is 1.08 bits per heavy atom. The van der Waals surface area contributed by atoms with E-state index in [-0.39, 0.29) is 23.6 Å². The number of ether oxygens (including phenoxy) is 1. The summed E-state index contributed by atoms with van der Waals surface area (Å²) in [6.07, 6.45) is 0. The SMILES string of the molecule is COC(=O)c1ccccc1C(=O)NCc1cc(-c2ccc(C)cc2)on1. The Balaban J connectivity index is 1.69. The molecule has 1 heterocycles. The first kappa shape index (κ1) is 17.4. The normalized spacial score (nSPS) is 10.4. The molecule has 6 heteroatoms. The number of benzene rings is 2. The molecule has 0 fully saturated rings. The third-order valence-corrected chi connectivity index (χ3v) is 3.90. The standard InChI is InChI=1S/C20H18N2O4/c1-13-7-9-14(10-8-13)18-11-15(22-26-18)12-21-19(23)16-5-3-4-6-17(16)20(24)25-2/h3-11H,12H2,1-2H3,(H,21,23). The van der Waals surface area contributed by atoms with Crippen LogP contribution in [-0.4, -0.2) is 24.1 Å². The summed E-state index contributed by atoms with van der Waals surface area (Å²) < 4.78 is 10.0. The molecule has 2 aromatic carbocycles. The van der Waals surface area contributed by atoms with Gasteiger partial charge >= 0.3 is 5.97 Å². The molecule has 26 heavy (non-hydrogen) atoms. The molecular formula is C20H18N2O4. The summed E-state index contributed by atoms with van der Waals surface area (Å²) in [6, 6.07) is 16.1. The molecule has 3 aromatic rings. The molecule has 0 spiro atoms. The highest BCUT2D eigenvalue weighted by Crippen LogP contribution is 2.20. The number of hydrogen-bond donors (Lipinski definition) is 1. The van der Waals surface area contributed by atoms with Gasteiger partial charge in [0.15, 0.2) is 5.76 Å². The highest BCUT2D eigenvalue weighted by atomic mass is 16.5. The number of aromatic nitrogens is 1. The second-order valence-corrected chi connectivity index (χ2v) is 5.77. The molecular weight excluding hydrogens is 332 g/mol. The molecule has 1 aromatic heterocycles. The molecule has 0 aliphatic heterocycles. The van der Waals surface area contributed by atoms with E-state index in [1.165, 1.54) is 7.11 Å². The minimum absolute atomic E-state index is 0.184. The predicted molar refractivity (Wildman–Crippen MR) is 95.6 cm³/mol. The van der Waals surface area contributed by atoms with Gasteiger partial charge in [0.2, 0.25) is 0 Å². The Morgan fingerprint density at radius 2 is 1.77 bits per heavy atom. The Kier molecular flexibility index (Phi) is 5.12. The first-order valence-electron chi connectivity index (χ1n) is 8.06. The molecule has 0 bridgehead atoms.